The van der Waals surface area contributed by atoms with Crippen LogP contribution in [0.1, 0.15) is 40.0 Å². The second-order valence-corrected chi connectivity index (χ2v) is 9.41. The number of carbonyl (C=O) groups excluding carboxylic acids is 3. The van der Waals surface area contributed by atoms with E-state index in [0.717, 1.165) is 11.1 Å². The van der Waals surface area contributed by atoms with Gasteiger partial charge in [0.05, 0.1) is 24.6 Å². The Morgan fingerprint density at radius 3 is 2.30 bits per heavy atom. The summed E-state index contributed by atoms with van der Waals surface area (Å²) in [6.07, 6.45) is 4.53. The van der Waals surface area contributed by atoms with Crippen LogP contribution in [0.25, 0.3) is 0 Å². The molecule has 0 fully saturated rings. The molecule has 0 saturated carbocycles. The Hall–Kier alpha value is -3.73. The second kappa shape index (κ2) is 14.1. The van der Waals surface area contributed by atoms with Gasteiger partial charge in [-0.25, -0.2) is 9.59 Å². The topological polar surface area (TPSA) is 107 Å². The average molecular weight is 613 g/mol. The van der Waals surface area contributed by atoms with E-state index in [4.69, 9.17) is 9.47 Å². The van der Waals surface area contributed by atoms with Crippen molar-refractivity contribution in [3.8, 4) is 0 Å². The molecule has 0 radical (unpaired) electrons. The van der Waals surface area contributed by atoms with Crippen LogP contribution in [0.5, 0.6) is 0 Å². The number of aromatic nitrogens is 1. The molecule has 37 heavy (non-hydrogen) atoms. The third-order valence-corrected chi connectivity index (χ3v) is 6.44. The Morgan fingerprint density at radius 2 is 1.65 bits per heavy atom. The maximum atomic E-state index is 12.7. The fourth-order valence-electron chi connectivity index (χ4n) is 3.39. The van der Waals surface area contributed by atoms with E-state index in [1.165, 1.54) is 7.11 Å². The minimum absolute atomic E-state index is 0.120. The standard InChI is InChI=1S/C28H28IN3O5/c1-19(26(33)31-17-20-12-14-30-15-13-20)16-24(29)25(22-8-10-23(11-9-22)27(34)36-2)32-28(35)37-18-21-6-4-3-5-7-21/h3-16,19,25H,17-18H2,1-2H3,(H,31,33)(H,32,35)/b24-16-/t19-,25?/m1/s1. The molecule has 9 heteroatoms. The highest BCUT2D eigenvalue weighted by atomic mass is 127. The number of hydrogen-bond donors (Lipinski definition) is 2. The quantitative estimate of drug-likeness (QED) is 0.243. The van der Waals surface area contributed by atoms with Gasteiger partial charge >= 0.3 is 12.1 Å². The number of methoxy groups -OCH3 is 1. The van der Waals surface area contributed by atoms with Crippen molar-refractivity contribution in [3.63, 3.8) is 0 Å². The third-order valence-electron chi connectivity index (χ3n) is 5.45. The Kier molecular flexibility index (Phi) is 10.6. The highest BCUT2D eigenvalue weighted by molar-refractivity contribution is 14.1. The van der Waals surface area contributed by atoms with Crippen molar-refractivity contribution >= 4 is 40.6 Å². The first-order valence-electron chi connectivity index (χ1n) is 11.6. The highest BCUT2D eigenvalue weighted by Crippen LogP contribution is 2.29. The minimum atomic E-state index is -0.608. The fourth-order valence-corrected chi connectivity index (χ4v) is 4.44. The lowest BCUT2D eigenvalue weighted by molar-refractivity contribution is -0.123. The van der Waals surface area contributed by atoms with E-state index in [9.17, 15) is 14.4 Å². The van der Waals surface area contributed by atoms with Crippen molar-refractivity contribution in [2.75, 3.05) is 7.11 Å². The number of alkyl carbamates (subject to hydrolysis) is 1. The summed E-state index contributed by atoms with van der Waals surface area (Å²) in [6.45, 7) is 2.29. The zero-order valence-electron chi connectivity index (χ0n) is 20.5. The molecule has 2 atom stereocenters. The van der Waals surface area contributed by atoms with Crippen molar-refractivity contribution in [1.82, 2.24) is 15.6 Å². The smallest absolute Gasteiger partial charge is 0.408 e. The molecule has 2 aromatic carbocycles. The third kappa shape index (κ3) is 8.71. The Morgan fingerprint density at radius 1 is 0.973 bits per heavy atom. The van der Waals surface area contributed by atoms with Crippen LogP contribution in [0.3, 0.4) is 0 Å². The van der Waals surface area contributed by atoms with E-state index in [-0.39, 0.29) is 12.5 Å². The van der Waals surface area contributed by atoms with Crippen LogP contribution in [-0.2, 0) is 27.4 Å². The molecule has 0 aliphatic carbocycles. The summed E-state index contributed by atoms with van der Waals surface area (Å²) < 4.78 is 10.9. The molecule has 1 aromatic heterocycles. The summed E-state index contributed by atoms with van der Waals surface area (Å²) in [6, 6.07) is 19.2. The van der Waals surface area contributed by atoms with Crippen molar-refractivity contribution < 1.29 is 23.9 Å². The molecular weight excluding hydrogens is 585 g/mol. The zero-order valence-corrected chi connectivity index (χ0v) is 22.7. The van der Waals surface area contributed by atoms with E-state index in [0.29, 0.717) is 21.3 Å². The van der Waals surface area contributed by atoms with Crippen molar-refractivity contribution in [2.45, 2.75) is 26.1 Å². The number of nitrogens with zero attached hydrogens (tertiary/aromatic N) is 1. The maximum absolute atomic E-state index is 12.7. The van der Waals surface area contributed by atoms with E-state index in [1.807, 2.05) is 42.5 Å². The number of benzene rings is 2. The number of amides is 2. The van der Waals surface area contributed by atoms with Crippen molar-refractivity contribution in [3.05, 3.63) is 111 Å². The van der Waals surface area contributed by atoms with Gasteiger partial charge in [0.25, 0.3) is 0 Å². The Bertz CT molecular complexity index is 1220. The van der Waals surface area contributed by atoms with Crippen molar-refractivity contribution in [2.24, 2.45) is 5.92 Å². The molecule has 0 aliphatic rings. The van der Waals surface area contributed by atoms with Crippen LogP contribution in [-0.4, -0.2) is 30.1 Å². The number of pyridine rings is 1. The first kappa shape index (κ1) is 27.9. The molecular formula is C28H28IN3O5. The van der Waals surface area contributed by atoms with Gasteiger partial charge in [0, 0.05) is 22.5 Å². The van der Waals surface area contributed by atoms with Gasteiger partial charge < -0.3 is 20.1 Å². The van der Waals surface area contributed by atoms with E-state index in [2.05, 4.69) is 38.2 Å². The molecule has 2 amide bonds. The SMILES string of the molecule is COC(=O)c1ccc(C(NC(=O)OCc2ccccc2)/C(I)=C/[C@@H](C)C(=O)NCc2ccncc2)cc1. The second-order valence-electron chi connectivity index (χ2n) is 8.17. The monoisotopic (exact) mass is 613 g/mol. The lowest BCUT2D eigenvalue weighted by Crippen LogP contribution is -2.31. The van der Waals surface area contributed by atoms with Crippen LogP contribution in [0, 0.1) is 5.92 Å². The van der Waals surface area contributed by atoms with Gasteiger partial charge in [0.1, 0.15) is 6.61 Å². The number of rotatable bonds is 10. The summed E-state index contributed by atoms with van der Waals surface area (Å²) >= 11 is 2.11. The molecule has 0 bridgehead atoms. The number of nitrogens with one attached hydrogen (secondary N) is 2. The van der Waals surface area contributed by atoms with Crippen LogP contribution < -0.4 is 10.6 Å². The van der Waals surface area contributed by atoms with Crippen LogP contribution >= 0.6 is 22.6 Å². The lowest BCUT2D eigenvalue weighted by atomic mass is 10.0. The molecule has 0 aliphatic heterocycles. The molecule has 0 saturated heterocycles. The number of hydrogen-bond acceptors (Lipinski definition) is 6. The molecule has 2 N–H and O–H groups in total. The van der Waals surface area contributed by atoms with E-state index in [1.54, 1.807) is 49.7 Å². The Balaban J connectivity index is 1.74. The summed E-state index contributed by atoms with van der Waals surface area (Å²) in [5.41, 5.74) is 2.91. The number of carbonyl (C=O) groups is 3. The van der Waals surface area contributed by atoms with Gasteiger partial charge in [0.2, 0.25) is 5.91 Å². The molecule has 1 heterocycles. The van der Waals surface area contributed by atoms with Gasteiger partial charge in [-0.2, -0.15) is 0 Å². The normalized spacial score (nSPS) is 12.7. The summed E-state index contributed by atoms with van der Waals surface area (Å²) in [7, 11) is 1.32. The number of esters is 1. The molecule has 3 rings (SSSR count). The van der Waals surface area contributed by atoms with Gasteiger partial charge in [-0.15, -0.1) is 0 Å². The largest absolute Gasteiger partial charge is 0.465 e. The fraction of sp³-hybridized carbons (Fsp3) is 0.214. The summed E-state index contributed by atoms with van der Waals surface area (Å²) in [4.78, 5) is 41.2. The predicted octanol–water partition coefficient (Wildman–Crippen LogP) is 5.11. The van der Waals surface area contributed by atoms with Gasteiger partial charge in [-0.3, -0.25) is 9.78 Å². The summed E-state index contributed by atoms with van der Waals surface area (Å²) in [5, 5.41) is 5.79. The maximum Gasteiger partial charge on any atom is 0.408 e. The lowest BCUT2D eigenvalue weighted by Gasteiger charge is -2.20. The molecule has 1 unspecified atom stereocenters. The van der Waals surface area contributed by atoms with E-state index >= 15 is 0 Å². The first-order chi connectivity index (χ1) is 17.9. The van der Waals surface area contributed by atoms with E-state index < -0.39 is 24.0 Å². The van der Waals surface area contributed by atoms with Crippen LogP contribution in [0.4, 0.5) is 4.79 Å². The first-order valence-corrected chi connectivity index (χ1v) is 12.6. The van der Waals surface area contributed by atoms with Crippen molar-refractivity contribution in [1.29, 1.82) is 0 Å². The molecule has 0 spiro atoms. The van der Waals surface area contributed by atoms with Crippen LogP contribution in [0.15, 0.2) is 88.8 Å². The minimum Gasteiger partial charge on any atom is -0.465 e. The average Bonchev–Trinajstić information content (AvgIpc) is 2.94. The van der Waals surface area contributed by atoms with Gasteiger partial charge in [-0.05, 0) is 63.5 Å². The van der Waals surface area contributed by atoms with Gasteiger partial charge in [0.15, 0.2) is 0 Å². The Labute approximate surface area is 229 Å². The highest BCUT2D eigenvalue weighted by Gasteiger charge is 2.21. The molecule has 3 aromatic rings. The molecule has 8 nitrogen and oxygen atoms in total. The number of ether oxygens (including phenoxy) is 2. The molecule has 192 valence electrons. The predicted molar refractivity (Wildman–Crippen MR) is 148 cm³/mol. The van der Waals surface area contributed by atoms with Gasteiger partial charge in [-0.1, -0.05) is 55.5 Å². The zero-order chi connectivity index (χ0) is 26.6. The number of halogens is 1. The summed E-state index contributed by atoms with van der Waals surface area (Å²) in [5.74, 6) is -1.08. The van der Waals surface area contributed by atoms with Crippen LogP contribution in [0.2, 0.25) is 0 Å².